The molecule has 2 fully saturated rings. The lowest BCUT2D eigenvalue weighted by molar-refractivity contribution is 0.374. The summed E-state index contributed by atoms with van der Waals surface area (Å²) in [6.07, 6.45) is 4.79. The van der Waals surface area contributed by atoms with Gasteiger partial charge in [-0.1, -0.05) is 36.2 Å². The van der Waals surface area contributed by atoms with Gasteiger partial charge in [-0.2, -0.15) is 4.98 Å². The molecule has 0 amide bonds. The van der Waals surface area contributed by atoms with Crippen LogP contribution in [0.2, 0.25) is 10.2 Å². The molecule has 2 bridgehead atoms. The van der Waals surface area contributed by atoms with Crippen LogP contribution in [-0.4, -0.2) is 43.9 Å². The minimum atomic E-state index is 0.319. The van der Waals surface area contributed by atoms with Gasteiger partial charge in [0.2, 0.25) is 5.95 Å². The fourth-order valence-electron chi connectivity index (χ4n) is 4.75. The fourth-order valence-corrected chi connectivity index (χ4v) is 5.07. The number of ether oxygens (including phenoxy) is 1. The Morgan fingerprint density at radius 3 is 2.66 bits per heavy atom. The highest BCUT2D eigenvalue weighted by Gasteiger charge is 2.43. The Labute approximate surface area is 196 Å². The molecule has 32 heavy (non-hydrogen) atoms. The molecule has 10 heteroatoms. The predicted molar refractivity (Wildman–Crippen MR) is 125 cm³/mol. The van der Waals surface area contributed by atoms with Gasteiger partial charge < -0.3 is 15.0 Å². The number of aryl methyl sites for hydroxylation is 1. The topological polar surface area (TPSA) is 81.0 Å². The van der Waals surface area contributed by atoms with E-state index in [2.05, 4.69) is 37.2 Å². The van der Waals surface area contributed by atoms with Gasteiger partial charge in [0.1, 0.15) is 23.0 Å². The largest absolute Gasteiger partial charge is 0.424 e. The first-order valence-electron chi connectivity index (χ1n) is 11.0. The van der Waals surface area contributed by atoms with Crippen molar-refractivity contribution >= 4 is 35.0 Å². The molecule has 3 aromatic rings. The molecule has 1 aliphatic carbocycles. The lowest BCUT2D eigenvalue weighted by atomic mass is 9.92. The second kappa shape index (κ2) is 9.11. The van der Waals surface area contributed by atoms with Crippen LogP contribution in [-0.2, 0) is 6.54 Å². The normalized spacial score (nSPS) is 22.2. The smallest absolute Gasteiger partial charge is 0.322 e. The number of hydrogen-bond acceptors (Lipinski definition) is 7. The monoisotopic (exact) mass is 473 g/mol. The summed E-state index contributed by atoms with van der Waals surface area (Å²) in [6, 6.07) is 9.93. The molecular weight excluding hydrogens is 449 g/mol. The molecule has 8 nitrogen and oxygen atoms in total. The lowest BCUT2D eigenvalue weighted by Crippen LogP contribution is -2.48. The molecule has 3 atom stereocenters. The predicted octanol–water partition coefficient (Wildman–Crippen LogP) is 4.90. The highest BCUT2D eigenvalue weighted by molar-refractivity contribution is 6.30. The minimum Gasteiger partial charge on any atom is -0.424 e. The average molecular weight is 474 g/mol. The molecule has 1 saturated heterocycles. The molecule has 5 rings (SSSR count). The Morgan fingerprint density at radius 1 is 1.12 bits per heavy atom. The van der Waals surface area contributed by atoms with Crippen molar-refractivity contribution in [1.82, 2.24) is 24.7 Å². The van der Waals surface area contributed by atoms with Crippen molar-refractivity contribution in [2.24, 2.45) is 11.8 Å². The van der Waals surface area contributed by atoms with E-state index in [0.717, 1.165) is 31.9 Å². The Hall–Kier alpha value is -2.58. The van der Waals surface area contributed by atoms with Crippen LogP contribution in [0.1, 0.15) is 26.2 Å². The van der Waals surface area contributed by atoms with Crippen LogP contribution in [0.25, 0.3) is 0 Å². The number of nitrogens with zero attached hydrogens (tertiary/aromatic N) is 6. The zero-order valence-electron chi connectivity index (χ0n) is 17.8. The highest BCUT2D eigenvalue weighted by atomic mass is 35.5. The average Bonchev–Trinajstić information content (AvgIpc) is 3.23. The number of nitrogens with one attached hydrogen (secondary N) is 1. The quantitative estimate of drug-likeness (QED) is 0.488. The SMILES string of the molecule is CCCn1nc(NC2[C@@H]3CC[C@H]2CN(c2cc(Cl)ncn2)C3)nc1Oc1cccc(Cl)c1. The third-order valence-corrected chi connectivity index (χ3v) is 6.59. The van der Waals surface area contributed by atoms with E-state index in [1.807, 2.05) is 28.9 Å². The maximum atomic E-state index is 6.10. The summed E-state index contributed by atoms with van der Waals surface area (Å²) in [4.78, 5) is 15.4. The van der Waals surface area contributed by atoms with Gasteiger partial charge in [0.05, 0.1) is 0 Å². The van der Waals surface area contributed by atoms with E-state index < -0.39 is 0 Å². The molecular formula is C22H25Cl2N7O. The minimum absolute atomic E-state index is 0.319. The molecule has 0 spiro atoms. The number of halogens is 2. The second-order valence-electron chi connectivity index (χ2n) is 8.37. The summed E-state index contributed by atoms with van der Waals surface area (Å²) in [5.41, 5.74) is 0. The summed E-state index contributed by atoms with van der Waals surface area (Å²) in [7, 11) is 0. The zero-order chi connectivity index (χ0) is 22.1. The number of hydrogen-bond donors (Lipinski definition) is 1. The zero-order valence-corrected chi connectivity index (χ0v) is 19.3. The number of fused-ring (bicyclic) bond motifs is 2. The van der Waals surface area contributed by atoms with E-state index in [1.54, 1.807) is 6.07 Å². The highest BCUT2D eigenvalue weighted by Crippen LogP contribution is 2.40. The van der Waals surface area contributed by atoms with Crippen LogP contribution >= 0.6 is 23.2 Å². The summed E-state index contributed by atoms with van der Waals surface area (Å²) in [5, 5.41) is 9.38. The fraction of sp³-hybridized carbons (Fsp3) is 0.455. The van der Waals surface area contributed by atoms with Crippen LogP contribution in [0.3, 0.4) is 0 Å². The third-order valence-electron chi connectivity index (χ3n) is 6.15. The number of anilines is 2. The number of benzene rings is 1. The summed E-state index contributed by atoms with van der Waals surface area (Å²) >= 11 is 12.2. The van der Waals surface area contributed by atoms with Crippen molar-refractivity contribution in [1.29, 1.82) is 0 Å². The lowest BCUT2D eigenvalue weighted by Gasteiger charge is -2.38. The number of piperidine rings is 1. The van der Waals surface area contributed by atoms with E-state index >= 15 is 0 Å². The first-order chi connectivity index (χ1) is 15.6. The van der Waals surface area contributed by atoms with Gasteiger partial charge in [-0.25, -0.2) is 14.6 Å². The summed E-state index contributed by atoms with van der Waals surface area (Å²) in [5.74, 6) is 3.11. The van der Waals surface area contributed by atoms with Crippen LogP contribution in [0.5, 0.6) is 11.8 Å². The molecule has 1 saturated carbocycles. The van der Waals surface area contributed by atoms with Crippen LogP contribution in [0, 0.1) is 11.8 Å². The molecule has 1 aromatic carbocycles. The van der Waals surface area contributed by atoms with E-state index in [0.29, 0.717) is 45.8 Å². The van der Waals surface area contributed by atoms with Crippen LogP contribution in [0.4, 0.5) is 11.8 Å². The maximum absolute atomic E-state index is 6.10. The van der Waals surface area contributed by atoms with Gasteiger partial charge in [-0.05, 0) is 49.3 Å². The van der Waals surface area contributed by atoms with Gasteiger partial charge in [0.15, 0.2) is 0 Å². The van der Waals surface area contributed by atoms with Crippen molar-refractivity contribution < 1.29 is 4.74 Å². The van der Waals surface area contributed by atoms with Crippen molar-refractivity contribution in [2.75, 3.05) is 23.3 Å². The van der Waals surface area contributed by atoms with E-state index in [4.69, 9.17) is 27.9 Å². The van der Waals surface area contributed by atoms with E-state index in [-0.39, 0.29) is 0 Å². The van der Waals surface area contributed by atoms with Crippen molar-refractivity contribution in [3.05, 3.63) is 46.8 Å². The van der Waals surface area contributed by atoms with Gasteiger partial charge >= 0.3 is 6.01 Å². The van der Waals surface area contributed by atoms with Gasteiger partial charge in [0.25, 0.3) is 0 Å². The van der Waals surface area contributed by atoms with Crippen molar-refractivity contribution in [2.45, 2.75) is 38.8 Å². The second-order valence-corrected chi connectivity index (χ2v) is 9.20. The van der Waals surface area contributed by atoms with Crippen molar-refractivity contribution in [3.63, 3.8) is 0 Å². The molecule has 1 unspecified atom stereocenters. The first-order valence-corrected chi connectivity index (χ1v) is 11.7. The number of aromatic nitrogens is 5. The molecule has 3 heterocycles. The molecule has 2 aliphatic rings. The van der Waals surface area contributed by atoms with Gasteiger partial charge in [0, 0.05) is 36.8 Å². The van der Waals surface area contributed by atoms with E-state index in [1.165, 1.54) is 19.2 Å². The third kappa shape index (κ3) is 4.47. The standard InChI is InChI=1S/C22H25Cl2N7O/c1-2-8-31-22(32-17-5-3-4-16(23)9-17)28-21(29-31)27-20-14-6-7-15(20)12-30(11-14)19-10-18(24)25-13-26-19/h3-5,9-10,13-15,20H,2,6-8,11-12H2,1H3,(H,27,29)/t14-,15+,20?. The Balaban J connectivity index is 1.31. The summed E-state index contributed by atoms with van der Waals surface area (Å²) < 4.78 is 7.81. The Bertz CT molecular complexity index is 1080. The van der Waals surface area contributed by atoms with Crippen LogP contribution < -0.4 is 15.0 Å². The maximum Gasteiger partial charge on any atom is 0.322 e. The number of rotatable bonds is 7. The summed E-state index contributed by atoms with van der Waals surface area (Å²) in [6.45, 7) is 4.67. The first kappa shape index (κ1) is 21.3. The molecule has 2 aromatic heterocycles. The molecule has 1 aliphatic heterocycles. The van der Waals surface area contributed by atoms with Gasteiger partial charge in [-0.15, -0.1) is 5.10 Å². The molecule has 0 radical (unpaired) electrons. The Kier molecular flexibility index (Phi) is 6.06. The van der Waals surface area contributed by atoms with Crippen LogP contribution in [0.15, 0.2) is 36.7 Å². The Morgan fingerprint density at radius 2 is 1.94 bits per heavy atom. The van der Waals surface area contributed by atoms with Crippen molar-refractivity contribution in [3.8, 4) is 11.8 Å². The van der Waals surface area contributed by atoms with Gasteiger partial charge in [-0.3, -0.25) is 0 Å². The van der Waals surface area contributed by atoms with E-state index in [9.17, 15) is 0 Å². The molecule has 1 N–H and O–H groups in total. The molecule has 168 valence electrons.